The molecule has 0 unspecified atom stereocenters. The van der Waals surface area contributed by atoms with E-state index in [2.05, 4.69) is 9.97 Å². The van der Waals surface area contributed by atoms with Crippen LogP contribution in [0.25, 0.3) is 11.4 Å². The summed E-state index contributed by atoms with van der Waals surface area (Å²) in [6.07, 6.45) is -3.69. The number of hydrogen-bond acceptors (Lipinski definition) is 1. The molecule has 7 heteroatoms. The molecule has 0 aliphatic rings. The Morgan fingerprint density at radius 2 is 1.88 bits per heavy atom. The summed E-state index contributed by atoms with van der Waals surface area (Å²) in [6.45, 7) is 0. The molecule has 0 radical (unpaired) electrons. The summed E-state index contributed by atoms with van der Waals surface area (Å²) < 4.78 is 37.0. The predicted octanol–water partition coefficient (Wildman–Crippen LogP) is 4.40. The Kier molecular flexibility index (Phi) is 3.05. The molecule has 1 heterocycles. The van der Waals surface area contributed by atoms with Crippen LogP contribution in [0.4, 0.5) is 13.2 Å². The number of nitrogens with zero attached hydrogens (tertiary/aromatic N) is 1. The molecule has 0 saturated carbocycles. The van der Waals surface area contributed by atoms with E-state index in [0.717, 1.165) is 6.20 Å². The van der Waals surface area contributed by atoms with Gasteiger partial charge in [-0.2, -0.15) is 13.2 Å². The smallest absolute Gasteiger partial charge is 0.344 e. The van der Waals surface area contributed by atoms with Gasteiger partial charge < -0.3 is 4.98 Å². The van der Waals surface area contributed by atoms with E-state index in [1.807, 2.05) is 0 Å². The highest BCUT2D eigenvalue weighted by Crippen LogP contribution is 2.32. The average Bonchev–Trinajstić information content (AvgIpc) is 2.65. The van der Waals surface area contributed by atoms with E-state index in [1.54, 1.807) is 0 Å². The van der Waals surface area contributed by atoms with E-state index in [0.29, 0.717) is 10.6 Å². The fourth-order valence-corrected chi connectivity index (χ4v) is 1.78. The van der Waals surface area contributed by atoms with Crippen molar-refractivity contribution in [1.82, 2.24) is 9.97 Å². The van der Waals surface area contributed by atoms with Gasteiger partial charge in [0.2, 0.25) is 0 Å². The number of aromatic amines is 1. The van der Waals surface area contributed by atoms with Crippen molar-refractivity contribution in [2.75, 3.05) is 0 Å². The molecule has 0 fully saturated rings. The Morgan fingerprint density at radius 1 is 1.18 bits per heavy atom. The third kappa shape index (κ3) is 2.56. The summed E-state index contributed by atoms with van der Waals surface area (Å²) in [5.74, 6) is 0.0546. The summed E-state index contributed by atoms with van der Waals surface area (Å²) in [6, 6.07) is 4.47. The highest BCUT2D eigenvalue weighted by atomic mass is 35.5. The third-order valence-electron chi connectivity index (χ3n) is 2.05. The zero-order valence-corrected chi connectivity index (χ0v) is 9.66. The van der Waals surface area contributed by atoms with Crippen molar-refractivity contribution in [3.05, 3.63) is 40.1 Å². The number of rotatable bonds is 1. The van der Waals surface area contributed by atoms with Gasteiger partial charge in [0.1, 0.15) is 5.82 Å². The van der Waals surface area contributed by atoms with Gasteiger partial charge in [0.05, 0.1) is 5.02 Å². The number of hydrogen-bond donors (Lipinski definition) is 1. The minimum absolute atomic E-state index is 0.0546. The Labute approximate surface area is 104 Å². The van der Waals surface area contributed by atoms with E-state index in [4.69, 9.17) is 23.2 Å². The number of imidazole rings is 1. The molecule has 1 aromatic heterocycles. The first-order chi connectivity index (χ1) is 7.88. The highest BCUT2D eigenvalue weighted by Gasteiger charge is 2.33. The van der Waals surface area contributed by atoms with Gasteiger partial charge in [-0.3, -0.25) is 0 Å². The van der Waals surface area contributed by atoms with Gasteiger partial charge in [-0.1, -0.05) is 23.2 Å². The van der Waals surface area contributed by atoms with Crippen molar-refractivity contribution < 1.29 is 13.2 Å². The van der Waals surface area contributed by atoms with Gasteiger partial charge in [0.15, 0.2) is 5.69 Å². The van der Waals surface area contributed by atoms with Crippen molar-refractivity contribution in [2.45, 2.75) is 6.18 Å². The van der Waals surface area contributed by atoms with Gasteiger partial charge in [-0.05, 0) is 18.2 Å². The standard InChI is InChI=1S/C10H5Cl2F3N2/c11-5-1-2-6(7(12)3-5)9-16-4-8(17-9)10(13,14)15/h1-4H,(H,16,17). The minimum atomic E-state index is -4.48. The van der Waals surface area contributed by atoms with Crippen LogP contribution in [0.2, 0.25) is 10.0 Å². The second-order valence-electron chi connectivity index (χ2n) is 3.26. The van der Waals surface area contributed by atoms with Gasteiger partial charge >= 0.3 is 6.18 Å². The van der Waals surface area contributed by atoms with Gasteiger partial charge in [0.25, 0.3) is 0 Å². The second-order valence-corrected chi connectivity index (χ2v) is 4.10. The number of aromatic nitrogens is 2. The predicted molar refractivity (Wildman–Crippen MR) is 59.0 cm³/mol. The Morgan fingerprint density at radius 3 is 2.41 bits per heavy atom. The van der Waals surface area contributed by atoms with Crippen LogP contribution in [-0.4, -0.2) is 9.97 Å². The maximum atomic E-state index is 12.3. The maximum absolute atomic E-state index is 12.3. The van der Waals surface area contributed by atoms with E-state index in [1.165, 1.54) is 18.2 Å². The molecule has 2 rings (SSSR count). The van der Waals surface area contributed by atoms with E-state index in [9.17, 15) is 13.2 Å². The fraction of sp³-hybridized carbons (Fsp3) is 0.100. The molecule has 0 aliphatic carbocycles. The molecule has 0 spiro atoms. The first kappa shape index (κ1) is 12.3. The lowest BCUT2D eigenvalue weighted by atomic mass is 10.2. The van der Waals surface area contributed by atoms with Crippen LogP contribution in [0, 0.1) is 0 Å². The Balaban J connectivity index is 2.44. The summed E-state index contributed by atoms with van der Waals surface area (Å²) in [5.41, 5.74) is -0.620. The normalized spacial score (nSPS) is 11.8. The van der Waals surface area contributed by atoms with Crippen LogP contribution in [0.5, 0.6) is 0 Å². The molecular weight excluding hydrogens is 276 g/mol. The zero-order chi connectivity index (χ0) is 12.6. The van der Waals surface area contributed by atoms with Crippen molar-refractivity contribution in [3.63, 3.8) is 0 Å². The van der Waals surface area contributed by atoms with E-state index in [-0.39, 0.29) is 10.8 Å². The van der Waals surface area contributed by atoms with Crippen LogP contribution < -0.4 is 0 Å². The molecule has 1 aromatic carbocycles. The molecule has 0 bridgehead atoms. The van der Waals surface area contributed by atoms with Crippen LogP contribution in [0.3, 0.4) is 0 Å². The van der Waals surface area contributed by atoms with E-state index >= 15 is 0 Å². The SMILES string of the molecule is FC(F)(F)c1c[nH]c(-c2ccc(Cl)cc2Cl)n1. The van der Waals surface area contributed by atoms with Crippen molar-refractivity contribution in [1.29, 1.82) is 0 Å². The molecule has 0 aliphatic heterocycles. The number of benzene rings is 1. The maximum Gasteiger partial charge on any atom is 0.434 e. The summed E-state index contributed by atoms with van der Waals surface area (Å²) in [5, 5.41) is 0.641. The molecule has 0 amide bonds. The fourth-order valence-electron chi connectivity index (χ4n) is 1.29. The van der Waals surface area contributed by atoms with Crippen molar-refractivity contribution >= 4 is 23.2 Å². The van der Waals surface area contributed by atoms with Crippen molar-refractivity contribution in [3.8, 4) is 11.4 Å². The Bertz CT molecular complexity index is 549. The van der Waals surface area contributed by atoms with Crippen LogP contribution >= 0.6 is 23.2 Å². The highest BCUT2D eigenvalue weighted by molar-refractivity contribution is 6.36. The molecule has 2 nitrogen and oxygen atoms in total. The lowest BCUT2D eigenvalue weighted by Crippen LogP contribution is -2.04. The lowest BCUT2D eigenvalue weighted by Gasteiger charge is -2.02. The summed E-state index contributed by atoms with van der Waals surface area (Å²) in [4.78, 5) is 5.86. The van der Waals surface area contributed by atoms with E-state index < -0.39 is 11.9 Å². The number of H-pyrrole nitrogens is 1. The van der Waals surface area contributed by atoms with Crippen molar-refractivity contribution in [2.24, 2.45) is 0 Å². The Hall–Kier alpha value is -1.20. The molecular formula is C10H5Cl2F3N2. The molecule has 17 heavy (non-hydrogen) atoms. The molecule has 2 aromatic rings. The number of alkyl halides is 3. The lowest BCUT2D eigenvalue weighted by molar-refractivity contribution is -0.140. The monoisotopic (exact) mass is 280 g/mol. The zero-order valence-electron chi connectivity index (χ0n) is 8.15. The largest absolute Gasteiger partial charge is 0.434 e. The molecule has 90 valence electrons. The molecule has 0 atom stereocenters. The van der Waals surface area contributed by atoms with Gasteiger partial charge in [0, 0.05) is 16.8 Å². The van der Waals surface area contributed by atoms with Crippen LogP contribution in [0.1, 0.15) is 5.69 Å². The molecule has 1 N–H and O–H groups in total. The first-order valence-corrected chi connectivity index (χ1v) is 5.21. The topological polar surface area (TPSA) is 28.7 Å². The van der Waals surface area contributed by atoms with Crippen LogP contribution in [-0.2, 0) is 6.18 Å². The second kappa shape index (κ2) is 4.23. The summed E-state index contributed by atoms with van der Waals surface area (Å²) in [7, 11) is 0. The average molecular weight is 281 g/mol. The number of nitrogens with one attached hydrogen (secondary N) is 1. The third-order valence-corrected chi connectivity index (χ3v) is 2.60. The first-order valence-electron chi connectivity index (χ1n) is 4.46. The quantitative estimate of drug-likeness (QED) is 0.824. The minimum Gasteiger partial charge on any atom is -0.344 e. The van der Waals surface area contributed by atoms with Gasteiger partial charge in [-0.25, -0.2) is 4.98 Å². The number of halogens is 5. The summed E-state index contributed by atoms with van der Waals surface area (Å²) >= 11 is 11.5. The van der Waals surface area contributed by atoms with Gasteiger partial charge in [-0.15, -0.1) is 0 Å². The molecule has 0 saturated heterocycles. The van der Waals surface area contributed by atoms with Crippen LogP contribution in [0.15, 0.2) is 24.4 Å².